The summed E-state index contributed by atoms with van der Waals surface area (Å²) in [5.74, 6) is -0.661. The van der Waals surface area contributed by atoms with Crippen molar-refractivity contribution in [1.82, 2.24) is 4.90 Å². The largest absolute Gasteiger partial charge is 0.339 e. The number of nitrogens with one attached hydrogen (secondary N) is 1. The van der Waals surface area contributed by atoms with Crippen molar-refractivity contribution < 1.29 is 18.0 Å². The highest BCUT2D eigenvalue weighted by Crippen LogP contribution is 2.27. The Balaban J connectivity index is 1.91. The minimum Gasteiger partial charge on any atom is -0.339 e. The van der Waals surface area contributed by atoms with Gasteiger partial charge in [-0.3, -0.25) is 13.9 Å². The molecule has 0 aromatic heterocycles. The zero-order valence-corrected chi connectivity index (χ0v) is 19.1. The van der Waals surface area contributed by atoms with E-state index in [0.717, 1.165) is 23.4 Å². The van der Waals surface area contributed by atoms with Gasteiger partial charge in [0, 0.05) is 18.1 Å². The molecule has 2 aromatic rings. The van der Waals surface area contributed by atoms with Gasteiger partial charge >= 0.3 is 0 Å². The molecule has 1 heterocycles. The lowest BCUT2D eigenvalue weighted by molar-refractivity contribution is -0.117. The summed E-state index contributed by atoms with van der Waals surface area (Å²) in [5.41, 5.74) is 1.06. The second kappa shape index (κ2) is 9.70. The second-order valence-electron chi connectivity index (χ2n) is 7.50. The molecule has 1 fully saturated rings. The molecular formula is C22H26ClN3O4S. The topological polar surface area (TPSA) is 86.8 Å². The van der Waals surface area contributed by atoms with Crippen LogP contribution in [-0.2, 0) is 14.8 Å². The number of anilines is 2. The standard InChI is InChI=1S/C22H26ClN3O4S/c1-3-20(26(31(2,29)30)17-10-8-9-16(23)15-17)21(27)24-19-12-5-4-11-18(19)22(28)25-13-6-7-14-25/h4-5,8-12,15,20H,3,6-7,13-14H2,1-2H3,(H,24,27)/t20-/m1/s1. The van der Waals surface area contributed by atoms with Gasteiger partial charge in [-0.15, -0.1) is 0 Å². The van der Waals surface area contributed by atoms with Crippen LogP contribution in [-0.4, -0.2) is 50.5 Å². The Morgan fingerprint density at radius 3 is 2.42 bits per heavy atom. The van der Waals surface area contributed by atoms with Crippen LogP contribution in [0.2, 0.25) is 5.02 Å². The van der Waals surface area contributed by atoms with Gasteiger partial charge in [-0.1, -0.05) is 36.7 Å². The maximum Gasteiger partial charge on any atom is 0.255 e. The summed E-state index contributed by atoms with van der Waals surface area (Å²) >= 11 is 6.05. The molecule has 2 aromatic carbocycles. The summed E-state index contributed by atoms with van der Waals surface area (Å²) in [5, 5.41) is 3.14. The molecule has 0 aliphatic carbocycles. The van der Waals surface area contributed by atoms with E-state index in [1.807, 2.05) is 0 Å². The SMILES string of the molecule is CC[C@H](C(=O)Nc1ccccc1C(=O)N1CCCC1)N(c1cccc(Cl)c1)S(C)(=O)=O. The van der Waals surface area contributed by atoms with Gasteiger partial charge in [0.05, 0.1) is 23.2 Å². The number of likely N-dealkylation sites (tertiary alicyclic amines) is 1. The highest BCUT2D eigenvalue weighted by molar-refractivity contribution is 7.92. The van der Waals surface area contributed by atoms with Gasteiger partial charge in [0.2, 0.25) is 15.9 Å². The second-order valence-corrected chi connectivity index (χ2v) is 9.79. The van der Waals surface area contributed by atoms with Gasteiger partial charge in [0.1, 0.15) is 6.04 Å². The maximum atomic E-state index is 13.2. The normalized spacial score (nSPS) is 14.9. The molecule has 1 aliphatic heterocycles. The Kier molecular flexibility index (Phi) is 7.23. The molecule has 7 nitrogen and oxygen atoms in total. The molecule has 0 bridgehead atoms. The van der Waals surface area contributed by atoms with Crippen molar-refractivity contribution in [2.75, 3.05) is 29.0 Å². The summed E-state index contributed by atoms with van der Waals surface area (Å²) in [6.45, 7) is 3.11. The van der Waals surface area contributed by atoms with Crippen LogP contribution >= 0.6 is 11.6 Å². The Morgan fingerprint density at radius 1 is 1.13 bits per heavy atom. The van der Waals surface area contributed by atoms with E-state index >= 15 is 0 Å². The monoisotopic (exact) mass is 463 g/mol. The van der Waals surface area contributed by atoms with Crippen LogP contribution < -0.4 is 9.62 Å². The van der Waals surface area contributed by atoms with E-state index < -0.39 is 22.0 Å². The molecule has 0 unspecified atom stereocenters. The van der Waals surface area contributed by atoms with Crippen molar-refractivity contribution in [1.29, 1.82) is 0 Å². The third kappa shape index (κ3) is 5.37. The summed E-state index contributed by atoms with van der Waals surface area (Å²) in [7, 11) is -3.78. The van der Waals surface area contributed by atoms with Gasteiger partial charge in [-0.05, 0) is 49.6 Å². The molecule has 3 rings (SSSR count). The fraction of sp³-hybridized carbons (Fsp3) is 0.364. The van der Waals surface area contributed by atoms with Crippen molar-refractivity contribution in [3.63, 3.8) is 0 Å². The van der Waals surface area contributed by atoms with Crippen molar-refractivity contribution in [2.45, 2.75) is 32.2 Å². The van der Waals surface area contributed by atoms with Crippen molar-refractivity contribution in [3.8, 4) is 0 Å². The predicted octanol–water partition coefficient (Wildman–Crippen LogP) is 3.76. The van der Waals surface area contributed by atoms with E-state index in [-0.39, 0.29) is 12.3 Å². The van der Waals surface area contributed by atoms with Gasteiger partial charge in [0.15, 0.2) is 0 Å². The molecular weight excluding hydrogens is 438 g/mol. The van der Waals surface area contributed by atoms with Crippen LogP contribution in [0.25, 0.3) is 0 Å². The molecule has 166 valence electrons. The number of hydrogen-bond acceptors (Lipinski definition) is 4. The molecule has 1 N–H and O–H groups in total. The number of hydrogen-bond donors (Lipinski definition) is 1. The lowest BCUT2D eigenvalue weighted by atomic mass is 10.1. The number of nitrogens with zero attached hydrogens (tertiary/aromatic N) is 2. The average molecular weight is 464 g/mol. The first-order valence-electron chi connectivity index (χ1n) is 10.2. The smallest absolute Gasteiger partial charge is 0.255 e. The zero-order chi connectivity index (χ0) is 22.6. The molecule has 1 aliphatic rings. The number of amides is 2. The Hall–Kier alpha value is -2.58. The van der Waals surface area contributed by atoms with Crippen LogP contribution in [0.3, 0.4) is 0 Å². The third-order valence-electron chi connectivity index (χ3n) is 5.20. The number of sulfonamides is 1. The van der Waals surface area contributed by atoms with Gasteiger partial charge < -0.3 is 10.2 Å². The molecule has 31 heavy (non-hydrogen) atoms. The quantitative estimate of drug-likeness (QED) is 0.677. The highest BCUT2D eigenvalue weighted by atomic mass is 35.5. The molecule has 9 heteroatoms. The van der Waals surface area contributed by atoms with Crippen molar-refractivity contribution >= 4 is 44.8 Å². The Labute approximate surface area is 188 Å². The van der Waals surface area contributed by atoms with Gasteiger partial charge in [-0.2, -0.15) is 0 Å². The fourth-order valence-electron chi connectivity index (χ4n) is 3.76. The first-order valence-corrected chi connectivity index (χ1v) is 12.4. The first kappa shape index (κ1) is 23.1. The number of para-hydroxylation sites is 1. The molecule has 0 spiro atoms. The lowest BCUT2D eigenvalue weighted by Crippen LogP contribution is -2.47. The van der Waals surface area contributed by atoms with E-state index in [4.69, 9.17) is 11.6 Å². The Morgan fingerprint density at radius 2 is 1.81 bits per heavy atom. The lowest BCUT2D eigenvalue weighted by Gasteiger charge is -2.30. The summed E-state index contributed by atoms with van der Waals surface area (Å²) < 4.78 is 26.3. The number of halogens is 1. The van der Waals surface area contributed by atoms with Crippen LogP contribution in [0.4, 0.5) is 11.4 Å². The minimum absolute atomic E-state index is 0.142. The van der Waals surface area contributed by atoms with Crippen LogP contribution in [0.1, 0.15) is 36.5 Å². The molecule has 0 saturated carbocycles. The van der Waals surface area contributed by atoms with E-state index in [1.54, 1.807) is 54.3 Å². The zero-order valence-electron chi connectivity index (χ0n) is 17.5. The summed E-state index contributed by atoms with van der Waals surface area (Å²) in [4.78, 5) is 27.9. The fourth-order valence-corrected chi connectivity index (χ4v) is 5.15. The molecule has 0 radical (unpaired) electrons. The average Bonchev–Trinajstić information content (AvgIpc) is 3.25. The highest BCUT2D eigenvalue weighted by Gasteiger charge is 2.32. The summed E-state index contributed by atoms with van der Waals surface area (Å²) in [6, 6.07) is 12.1. The molecule has 2 amide bonds. The first-order chi connectivity index (χ1) is 14.7. The van der Waals surface area contributed by atoms with E-state index in [9.17, 15) is 18.0 Å². The summed E-state index contributed by atoms with van der Waals surface area (Å²) in [6.07, 6.45) is 3.20. The van der Waals surface area contributed by atoms with Crippen molar-refractivity contribution in [3.05, 3.63) is 59.1 Å². The van der Waals surface area contributed by atoms with Crippen LogP contribution in [0, 0.1) is 0 Å². The number of benzene rings is 2. The third-order valence-corrected chi connectivity index (χ3v) is 6.62. The van der Waals surface area contributed by atoms with E-state index in [0.29, 0.717) is 35.1 Å². The van der Waals surface area contributed by atoms with E-state index in [2.05, 4.69) is 5.32 Å². The Bertz CT molecular complexity index is 1070. The van der Waals surface area contributed by atoms with Gasteiger partial charge in [0.25, 0.3) is 5.91 Å². The predicted molar refractivity (Wildman–Crippen MR) is 123 cm³/mol. The number of carbonyl (C=O) groups is 2. The number of rotatable bonds is 7. The van der Waals surface area contributed by atoms with Crippen molar-refractivity contribution in [2.24, 2.45) is 0 Å². The van der Waals surface area contributed by atoms with Gasteiger partial charge in [-0.25, -0.2) is 8.42 Å². The van der Waals surface area contributed by atoms with Crippen LogP contribution in [0.5, 0.6) is 0 Å². The van der Waals surface area contributed by atoms with Crippen LogP contribution in [0.15, 0.2) is 48.5 Å². The minimum atomic E-state index is -3.78. The molecule has 1 saturated heterocycles. The number of carbonyl (C=O) groups excluding carboxylic acids is 2. The molecule has 1 atom stereocenters. The van der Waals surface area contributed by atoms with E-state index in [1.165, 1.54) is 6.07 Å². The maximum absolute atomic E-state index is 13.2.